The molecule has 1 aliphatic heterocycles. The van der Waals surface area contributed by atoms with Crippen LogP contribution in [0.15, 0.2) is 36.4 Å². The van der Waals surface area contributed by atoms with Crippen LogP contribution >= 0.6 is 0 Å². The Morgan fingerprint density at radius 2 is 1.93 bits per heavy atom. The van der Waals surface area contributed by atoms with Crippen molar-refractivity contribution < 1.29 is 34.8 Å². The van der Waals surface area contributed by atoms with Crippen molar-refractivity contribution in [1.29, 1.82) is 0 Å². The van der Waals surface area contributed by atoms with Crippen LogP contribution in [0.5, 0.6) is 5.75 Å². The molecule has 45 heavy (non-hydrogen) atoms. The van der Waals surface area contributed by atoms with E-state index in [0.29, 0.717) is 41.1 Å². The van der Waals surface area contributed by atoms with E-state index >= 15 is 0 Å². The lowest BCUT2D eigenvalue weighted by molar-refractivity contribution is -0.195. The zero-order chi connectivity index (χ0) is 32.8. The molecule has 5 N–H and O–H groups in total. The third kappa shape index (κ3) is 6.33. The minimum atomic E-state index is -1.02. The summed E-state index contributed by atoms with van der Waals surface area (Å²) >= 11 is 0. The molecular weight excluding hydrogens is 574 g/mol. The molecule has 0 aromatic heterocycles. The third-order valence-corrected chi connectivity index (χ3v) is 10.9. The predicted molar refractivity (Wildman–Crippen MR) is 173 cm³/mol. The van der Waals surface area contributed by atoms with Gasteiger partial charge >= 0.3 is 5.97 Å². The lowest BCUT2D eigenvalue weighted by atomic mass is 9.44. The first kappa shape index (κ1) is 33.6. The summed E-state index contributed by atoms with van der Waals surface area (Å²) in [5.74, 6) is 0.623. The Hall–Kier alpha value is -2.73. The Labute approximate surface area is 266 Å². The smallest absolute Gasteiger partial charge is 0.335 e. The van der Waals surface area contributed by atoms with E-state index in [1.807, 2.05) is 50.2 Å². The summed E-state index contributed by atoms with van der Waals surface area (Å²) in [6.07, 6.45) is -0.338. The van der Waals surface area contributed by atoms with E-state index in [2.05, 4.69) is 26.1 Å². The zero-order valence-electron chi connectivity index (χ0n) is 27.6. The number of nitrogens with zero attached hydrogens (tertiary/aromatic N) is 2. The second kappa shape index (κ2) is 13.2. The number of fused-ring (bicyclic) bond motifs is 2. The number of hydroxylamine groups is 2. The summed E-state index contributed by atoms with van der Waals surface area (Å²) in [6.45, 7) is 10.8. The molecule has 0 amide bonds. The van der Waals surface area contributed by atoms with E-state index < -0.39 is 36.4 Å². The van der Waals surface area contributed by atoms with Gasteiger partial charge in [0.15, 0.2) is 0 Å². The van der Waals surface area contributed by atoms with Gasteiger partial charge < -0.3 is 30.1 Å². The van der Waals surface area contributed by atoms with Gasteiger partial charge in [-0.15, -0.1) is 0 Å². The maximum atomic E-state index is 12.0. The molecule has 0 radical (unpaired) electrons. The first-order valence-electron chi connectivity index (χ1n) is 16.3. The van der Waals surface area contributed by atoms with Crippen molar-refractivity contribution in [2.75, 3.05) is 32.2 Å². The predicted octanol–water partition coefficient (Wildman–Crippen LogP) is 3.97. The molecule has 1 saturated heterocycles. The Morgan fingerprint density at radius 3 is 2.51 bits per heavy atom. The summed E-state index contributed by atoms with van der Waals surface area (Å²) in [5.41, 5.74) is 3.44. The van der Waals surface area contributed by atoms with Crippen LogP contribution in [0.4, 0.5) is 5.69 Å². The quantitative estimate of drug-likeness (QED) is 0.221. The average molecular weight is 626 g/mol. The molecule has 9 atom stereocenters. The van der Waals surface area contributed by atoms with Gasteiger partial charge in [-0.05, 0) is 73.6 Å². The zero-order valence-corrected chi connectivity index (χ0v) is 27.6. The largest absolute Gasteiger partial charge is 0.493 e. The number of hydrogen-bond acceptors (Lipinski definition) is 9. The minimum Gasteiger partial charge on any atom is -0.493 e. The Morgan fingerprint density at radius 1 is 1.20 bits per heavy atom. The number of rotatable bonds is 12. The number of hydrogen-bond donors (Lipinski definition) is 5. The fraction of sp³-hybridized carbons (Fsp3) is 0.629. The van der Waals surface area contributed by atoms with E-state index in [1.54, 1.807) is 24.1 Å². The maximum absolute atomic E-state index is 12.0. The van der Waals surface area contributed by atoms with E-state index in [0.717, 1.165) is 23.2 Å². The van der Waals surface area contributed by atoms with E-state index in [4.69, 9.17) is 9.57 Å². The Bertz CT molecular complexity index is 1360. The van der Waals surface area contributed by atoms with Gasteiger partial charge in [0.25, 0.3) is 0 Å². The molecule has 0 spiro atoms. The van der Waals surface area contributed by atoms with Crippen LogP contribution in [-0.2, 0) is 11.4 Å². The van der Waals surface area contributed by atoms with Crippen LogP contribution in [0.25, 0.3) is 11.1 Å². The topological polar surface area (TPSA) is 135 Å². The molecule has 3 aliphatic carbocycles. The van der Waals surface area contributed by atoms with Gasteiger partial charge in [0.1, 0.15) is 18.1 Å². The standard InChI is InChI=1S/C35H51N3O7/c1-8-44-32-21(10-9-11-26(32)22-12-23(34(42)43)14-25(13-22)37(6)7)17-38-31(30(20(3)40)29(18-39)45-38)33(41)36-28-16-24-15-27(19(28)2)35(24,4)5/h9-14,19-20,24,27-31,33,36,39-41H,8,15-18H2,1-7H3,(H,42,43)/t19-,20-,24+,27-,28-,29-,30+,31-,33?/m0/s1. The molecule has 2 aromatic rings. The number of aliphatic hydroxyl groups is 3. The van der Waals surface area contributed by atoms with Crippen molar-refractivity contribution in [2.24, 2.45) is 29.1 Å². The monoisotopic (exact) mass is 625 g/mol. The van der Waals surface area contributed by atoms with Crippen molar-refractivity contribution in [3.05, 3.63) is 47.5 Å². The molecule has 1 unspecified atom stereocenters. The summed E-state index contributed by atoms with van der Waals surface area (Å²) in [4.78, 5) is 20.1. The summed E-state index contributed by atoms with van der Waals surface area (Å²) < 4.78 is 6.21. The van der Waals surface area contributed by atoms with Crippen molar-refractivity contribution in [3.63, 3.8) is 0 Å². The van der Waals surface area contributed by atoms with Gasteiger partial charge in [-0.25, -0.2) is 4.79 Å². The molecule has 4 aliphatic rings. The average Bonchev–Trinajstić information content (AvgIpc) is 3.37. The van der Waals surface area contributed by atoms with Crippen LogP contribution in [0.3, 0.4) is 0 Å². The van der Waals surface area contributed by atoms with Gasteiger partial charge in [0.05, 0.1) is 37.5 Å². The minimum absolute atomic E-state index is 0.135. The molecule has 3 saturated carbocycles. The third-order valence-electron chi connectivity index (χ3n) is 10.9. The number of anilines is 1. The number of benzene rings is 2. The highest BCUT2D eigenvalue weighted by molar-refractivity contribution is 5.92. The number of para-hydroxylation sites is 1. The molecular formula is C35H51N3O7. The number of ether oxygens (including phenoxy) is 1. The number of nitrogens with one attached hydrogen (secondary N) is 1. The van der Waals surface area contributed by atoms with E-state index in [9.17, 15) is 25.2 Å². The SMILES string of the molecule is CCOc1c(CN2O[C@@H](CO)[C@@H]([C@H](C)O)[C@H]2C(O)N[C@H]2C[C@H]3C[C@@H]([C@@H]2C)C3(C)C)cccc1-c1cc(C(=O)O)cc(N(C)C)c1. The van der Waals surface area contributed by atoms with Crippen LogP contribution in [-0.4, -0.2) is 89.3 Å². The first-order valence-corrected chi connectivity index (χ1v) is 16.3. The van der Waals surface area contributed by atoms with Crippen molar-refractivity contribution in [2.45, 2.75) is 84.5 Å². The fourth-order valence-corrected chi connectivity index (χ4v) is 8.24. The van der Waals surface area contributed by atoms with Gasteiger partial charge in [0, 0.05) is 42.9 Å². The highest BCUT2D eigenvalue weighted by atomic mass is 16.7. The first-order chi connectivity index (χ1) is 21.3. The number of carboxylic acids is 1. The van der Waals surface area contributed by atoms with Gasteiger partial charge in [-0.1, -0.05) is 39.0 Å². The van der Waals surface area contributed by atoms with Crippen LogP contribution in [0, 0.1) is 29.1 Å². The molecule has 2 aromatic carbocycles. The van der Waals surface area contributed by atoms with E-state index in [-0.39, 0.29) is 24.8 Å². The normalized spacial score (nSPS) is 30.4. The molecule has 4 fully saturated rings. The van der Waals surface area contributed by atoms with Crippen LogP contribution in [0.1, 0.15) is 63.4 Å². The molecule has 248 valence electrons. The molecule has 1 heterocycles. The second-order valence-corrected chi connectivity index (χ2v) is 14.1. The number of aromatic carboxylic acids is 1. The molecule has 6 rings (SSSR count). The summed E-state index contributed by atoms with van der Waals surface area (Å²) in [6, 6.07) is 10.4. The Kier molecular flexibility index (Phi) is 9.85. The second-order valence-electron chi connectivity index (χ2n) is 14.1. The lowest BCUT2D eigenvalue weighted by Crippen LogP contribution is -2.63. The number of carboxylic acid groups (broad SMARTS) is 1. The molecule has 10 nitrogen and oxygen atoms in total. The molecule has 10 heteroatoms. The van der Waals surface area contributed by atoms with Gasteiger partial charge in [0.2, 0.25) is 0 Å². The van der Waals surface area contributed by atoms with E-state index in [1.165, 1.54) is 6.42 Å². The van der Waals surface area contributed by atoms with Gasteiger partial charge in [-0.3, -0.25) is 10.2 Å². The number of aliphatic hydroxyl groups excluding tert-OH is 3. The molecule has 2 bridgehead atoms. The summed E-state index contributed by atoms with van der Waals surface area (Å²) in [5, 5.41) is 47.9. The van der Waals surface area contributed by atoms with Crippen molar-refractivity contribution >= 4 is 11.7 Å². The summed E-state index contributed by atoms with van der Waals surface area (Å²) in [7, 11) is 3.73. The number of carbonyl (C=O) groups is 1. The van der Waals surface area contributed by atoms with Crippen LogP contribution in [0.2, 0.25) is 0 Å². The maximum Gasteiger partial charge on any atom is 0.335 e. The van der Waals surface area contributed by atoms with Crippen molar-refractivity contribution in [3.8, 4) is 16.9 Å². The highest BCUT2D eigenvalue weighted by Crippen LogP contribution is 2.61. The lowest BCUT2D eigenvalue weighted by Gasteiger charge is -2.62. The fourth-order valence-electron chi connectivity index (χ4n) is 8.24. The van der Waals surface area contributed by atoms with Crippen molar-refractivity contribution in [1.82, 2.24) is 10.4 Å². The van der Waals surface area contributed by atoms with Crippen LogP contribution < -0.4 is 15.0 Å². The highest BCUT2D eigenvalue weighted by Gasteiger charge is 2.57. The Balaban J connectivity index is 1.47. The van der Waals surface area contributed by atoms with Gasteiger partial charge in [-0.2, -0.15) is 5.06 Å².